The lowest BCUT2D eigenvalue weighted by atomic mass is 10.3. The number of hydrogen-bond donors (Lipinski definition) is 0. The van der Waals surface area contributed by atoms with E-state index < -0.39 is 0 Å². The molecule has 0 bridgehead atoms. The first-order valence-corrected chi connectivity index (χ1v) is 5.19. The van der Waals surface area contributed by atoms with Gasteiger partial charge < -0.3 is 4.90 Å². The molecule has 15 heavy (non-hydrogen) atoms. The van der Waals surface area contributed by atoms with E-state index in [2.05, 4.69) is 20.9 Å². The summed E-state index contributed by atoms with van der Waals surface area (Å²) in [6.45, 7) is 0.420. The summed E-state index contributed by atoms with van der Waals surface area (Å²) < 4.78 is 0.627. The second kappa shape index (κ2) is 5.47. The summed E-state index contributed by atoms with van der Waals surface area (Å²) in [6.07, 6.45) is 0.330. The molecule has 1 rings (SSSR count). The first kappa shape index (κ1) is 11.7. The molecule has 0 atom stereocenters. The minimum Gasteiger partial charge on any atom is -0.339 e. The molecule has 0 fully saturated rings. The number of amides is 1. The van der Waals surface area contributed by atoms with Crippen LogP contribution in [-0.2, 0) is 0 Å². The molecule has 0 N–H and O–H groups in total. The minimum atomic E-state index is -0.174. The van der Waals surface area contributed by atoms with Crippen molar-refractivity contribution in [1.29, 1.82) is 5.26 Å². The van der Waals surface area contributed by atoms with E-state index in [1.165, 1.54) is 4.90 Å². The highest BCUT2D eigenvalue weighted by molar-refractivity contribution is 9.10. The Balaban J connectivity index is 2.72. The van der Waals surface area contributed by atoms with Gasteiger partial charge in [-0.05, 0) is 28.1 Å². The van der Waals surface area contributed by atoms with E-state index in [0.717, 1.165) is 0 Å². The second-order valence-electron chi connectivity index (χ2n) is 2.98. The van der Waals surface area contributed by atoms with Crippen LogP contribution in [0.25, 0.3) is 0 Å². The smallest absolute Gasteiger partial charge is 0.272 e. The predicted molar refractivity (Wildman–Crippen MR) is 59.1 cm³/mol. The predicted octanol–water partition coefficient (Wildman–Crippen LogP) is 1.83. The van der Waals surface area contributed by atoms with E-state index in [4.69, 9.17) is 5.26 Å². The van der Waals surface area contributed by atoms with E-state index in [9.17, 15) is 4.79 Å². The van der Waals surface area contributed by atoms with Gasteiger partial charge in [-0.2, -0.15) is 5.26 Å². The third-order valence-corrected chi connectivity index (χ3v) is 2.28. The molecular weight excluding hydrogens is 258 g/mol. The maximum Gasteiger partial charge on any atom is 0.272 e. The van der Waals surface area contributed by atoms with Gasteiger partial charge in [-0.1, -0.05) is 6.07 Å². The zero-order chi connectivity index (χ0) is 11.3. The van der Waals surface area contributed by atoms with E-state index in [1.807, 2.05) is 6.07 Å². The Bertz CT molecular complexity index is 400. The average Bonchev–Trinajstić information content (AvgIpc) is 2.24. The number of carbonyl (C=O) groups is 1. The molecule has 0 spiro atoms. The van der Waals surface area contributed by atoms with Crippen LogP contribution in [0.2, 0.25) is 0 Å². The van der Waals surface area contributed by atoms with Gasteiger partial charge in [0.25, 0.3) is 5.91 Å². The molecule has 78 valence electrons. The van der Waals surface area contributed by atoms with Gasteiger partial charge in [0.1, 0.15) is 10.3 Å². The van der Waals surface area contributed by atoms with Gasteiger partial charge in [-0.3, -0.25) is 4.79 Å². The van der Waals surface area contributed by atoms with E-state index >= 15 is 0 Å². The number of halogens is 1. The molecule has 1 aromatic rings. The summed E-state index contributed by atoms with van der Waals surface area (Å²) in [4.78, 5) is 17.3. The van der Waals surface area contributed by atoms with Gasteiger partial charge >= 0.3 is 0 Å². The van der Waals surface area contributed by atoms with E-state index in [-0.39, 0.29) is 5.91 Å². The summed E-state index contributed by atoms with van der Waals surface area (Å²) in [5.74, 6) is -0.174. The van der Waals surface area contributed by atoms with Crippen molar-refractivity contribution in [2.24, 2.45) is 0 Å². The molecule has 5 heteroatoms. The number of hydrogen-bond acceptors (Lipinski definition) is 3. The number of nitrogens with zero attached hydrogens (tertiary/aromatic N) is 3. The summed E-state index contributed by atoms with van der Waals surface area (Å²) in [7, 11) is 1.66. The van der Waals surface area contributed by atoms with Crippen molar-refractivity contribution in [3.63, 3.8) is 0 Å². The van der Waals surface area contributed by atoms with Crippen LogP contribution < -0.4 is 0 Å². The first-order chi connectivity index (χ1) is 7.15. The second-order valence-corrected chi connectivity index (χ2v) is 3.79. The van der Waals surface area contributed by atoms with Crippen LogP contribution in [0.5, 0.6) is 0 Å². The van der Waals surface area contributed by atoms with E-state index in [1.54, 1.807) is 25.2 Å². The summed E-state index contributed by atoms with van der Waals surface area (Å²) >= 11 is 3.20. The van der Waals surface area contributed by atoms with Crippen LogP contribution in [0.1, 0.15) is 16.9 Å². The van der Waals surface area contributed by atoms with Gasteiger partial charge in [-0.25, -0.2) is 4.98 Å². The highest BCUT2D eigenvalue weighted by Gasteiger charge is 2.12. The third kappa shape index (κ3) is 3.33. The average molecular weight is 268 g/mol. The monoisotopic (exact) mass is 267 g/mol. The van der Waals surface area contributed by atoms with Gasteiger partial charge in [0.05, 0.1) is 12.5 Å². The van der Waals surface area contributed by atoms with Gasteiger partial charge in [-0.15, -0.1) is 0 Å². The lowest BCUT2D eigenvalue weighted by molar-refractivity contribution is 0.0792. The Morgan fingerprint density at radius 2 is 2.40 bits per heavy atom. The minimum absolute atomic E-state index is 0.174. The highest BCUT2D eigenvalue weighted by atomic mass is 79.9. The topological polar surface area (TPSA) is 57.0 Å². The lowest BCUT2D eigenvalue weighted by Gasteiger charge is -2.14. The molecule has 1 amide bonds. The molecule has 0 aliphatic carbocycles. The molecule has 0 radical (unpaired) electrons. The van der Waals surface area contributed by atoms with Crippen molar-refractivity contribution in [2.45, 2.75) is 6.42 Å². The zero-order valence-corrected chi connectivity index (χ0v) is 9.86. The fourth-order valence-corrected chi connectivity index (χ4v) is 1.39. The Morgan fingerprint density at radius 3 is 3.00 bits per heavy atom. The number of nitriles is 1. The Kier molecular flexibility index (Phi) is 4.25. The summed E-state index contributed by atoms with van der Waals surface area (Å²) in [5, 5.41) is 8.40. The Hall–Kier alpha value is -1.41. The van der Waals surface area contributed by atoms with Crippen molar-refractivity contribution in [3.05, 3.63) is 28.5 Å². The molecular formula is C10H10BrN3O. The van der Waals surface area contributed by atoms with Crippen molar-refractivity contribution >= 4 is 21.8 Å². The Morgan fingerprint density at radius 1 is 1.67 bits per heavy atom. The van der Waals surface area contributed by atoms with Gasteiger partial charge in [0.2, 0.25) is 0 Å². The molecule has 0 aromatic carbocycles. The molecule has 4 nitrogen and oxygen atoms in total. The molecule has 0 aliphatic heterocycles. The summed E-state index contributed by atoms with van der Waals surface area (Å²) in [5.41, 5.74) is 0.379. The van der Waals surface area contributed by atoms with Crippen LogP contribution in [0.4, 0.5) is 0 Å². The molecule has 0 saturated heterocycles. The highest BCUT2D eigenvalue weighted by Crippen LogP contribution is 2.08. The maximum atomic E-state index is 11.7. The van der Waals surface area contributed by atoms with Crippen molar-refractivity contribution in [1.82, 2.24) is 9.88 Å². The fraction of sp³-hybridized carbons (Fsp3) is 0.300. The molecule has 0 aliphatic rings. The largest absolute Gasteiger partial charge is 0.339 e. The Labute approximate surface area is 96.7 Å². The first-order valence-electron chi connectivity index (χ1n) is 4.40. The molecule has 0 saturated carbocycles. The fourth-order valence-electron chi connectivity index (χ4n) is 1.04. The summed E-state index contributed by atoms with van der Waals surface area (Å²) in [6, 6.07) is 7.15. The van der Waals surface area contributed by atoms with Crippen LogP contribution in [0.15, 0.2) is 22.8 Å². The van der Waals surface area contributed by atoms with Crippen molar-refractivity contribution in [3.8, 4) is 6.07 Å². The quantitative estimate of drug-likeness (QED) is 0.786. The van der Waals surface area contributed by atoms with Crippen LogP contribution in [-0.4, -0.2) is 29.4 Å². The van der Waals surface area contributed by atoms with Crippen LogP contribution in [0, 0.1) is 11.3 Å². The van der Waals surface area contributed by atoms with Crippen molar-refractivity contribution in [2.75, 3.05) is 13.6 Å². The lowest BCUT2D eigenvalue weighted by Crippen LogP contribution is -2.28. The van der Waals surface area contributed by atoms with Crippen molar-refractivity contribution < 1.29 is 4.79 Å². The normalized spacial score (nSPS) is 9.40. The molecule has 0 unspecified atom stereocenters. The van der Waals surface area contributed by atoms with Gasteiger partial charge in [0.15, 0.2) is 0 Å². The maximum absolute atomic E-state index is 11.7. The SMILES string of the molecule is CN(CCC#N)C(=O)c1cccc(Br)n1. The van der Waals surface area contributed by atoms with E-state index in [0.29, 0.717) is 23.3 Å². The molecule has 1 aromatic heterocycles. The molecule has 1 heterocycles. The number of pyridine rings is 1. The third-order valence-electron chi connectivity index (χ3n) is 1.84. The van der Waals surface area contributed by atoms with Gasteiger partial charge in [0, 0.05) is 13.6 Å². The number of rotatable bonds is 3. The number of aromatic nitrogens is 1. The number of carbonyl (C=O) groups excluding carboxylic acids is 1. The van der Waals surface area contributed by atoms with Crippen LogP contribution in [0.3, 0.4) is 0 Å². The standard InChI is InChI=1S/C10H10BrN3O/c1-14(7-3-6-12)10(15)8-4-2-5-9(11)13-8/h2,4-5H,3,7H2,1H3. The zero-order valence-electron chi connectivity index (χ0n) is 8.27. The van der Waals surface area contributed by atoms with Crippen LogP contribution >= 0.6 is 15.9 Å².